The molecule has 0 N–H and O–H groups in total. The van der Waals surface area contributed by atoms with Crippen LogP contribution in [-0.2, 0) is 0 Å². The number of para-hydroxylation sites is 1. The SMILES string of the molecule is Cc1cc2nc3ccccc3cc2c2c(C)cccc12. The molecule has 0 saturated carbocycles. The highest BCUT2D eigenvalue weighted by Crippen LogP contribution is 2.31. The van der Waals surface area contributed by atoms with Crippen LogP contribution in [-0.4, -0.2) is 4.98 Å². The second kappa shape index (κ2) is 4.04. The second-order valence-electron chi connectivity index (χ2n) is 5.44. The van der Waals surface area contributed by atoms with Crippen LogP contribution in [0.3, 0.4) is 0 Å². The van der Waals surface area contributed by atoms with Crippen LogP contribution in [0.25, 0.3) is 32.6 Å². The monoisotopic (exact) mass is 257 g/mol. The first-order valence-corrected chi connectivity index (χ1v) is 6.92. The van der Waals surface area contributed by atoms with Gasteiger partial charge in [0.05, 0.1) is 11.0 Å². The van der Waals surface area contributed by atoms with Gasteiger partial charge in [0.1, 0.15) is 0 Å². The molecule has 0 amide bonds. The van der Waals surface area contributed by atoms with E-state index in [0.717, 1.165) is 11.0 Å². The fourth-order valence-electron chi connectivity index (χ4n) is 3.08. The number of pyridine rings is 1. The van der Waals surface area contributed by atoms with Crippen molar-refractivity contribution >= 4 is 32.6 Å². The Hall–Kier alpha value is -2.41. The molecule has 1 heterocycles. The molecule has 0 bridgehead atoms. The van der Waals surface area contributed by atoms with Gasteiger partial charge in [0.15, 0.2) is 0 Å². The Labute approximate surface area is 117 Å². The molecular formula is C19H15N. The van der Waals surface area contributed by atoms with Crippen molar-refractivity contribution in [2.24, 2.45) is 0 Å². The van der Waals surface area contributed by atoms with E-state index in [2.05, 4.69) is 62.4 Å². The summed E-state index contributed by atoms with van der Waals surface area (Å²) in [5.41, 5.74) is 4.75. The molecule has 0 atom stereocenters. The Morgan fingerprint density at radius 1 is 0.700 bits per heavy atom. The summed E-state index contributed by atoms with van der Waals surface area (Å²) in [6, 6.07) is 19.3. The number of fused-ring (bicyclic) bond motifs is 4. The van der Waals surface area contributed by atoms with Crippen molar-refractivity contribution in [3.05, 3.63) is 65.7 Å². The van der Waals surface area contributed by atoms with Crippen molar-refractivity contribution in [3.8, 4) is 0 Å². The van der Waals surface area contributed by atoms with E-state index in [9.17, 15) is 0 Å². The molecule has 1 aromatic heterocycles. The van der Waals surface area contributed by atoms with Gasteiger partial charge in [-0.1, -0.05) is 36.4 Å². The Bertz CT molecular complexity index is 967. The number of rotatable bonds is 0. The predicted molar refractivity (Wildman–Crippen MR) is 86.2 cm³/mol. The lowest BCUT2D eigenvalue weighted by Gasteiger charge is -2.10. The van der Waals surface area contributed by atoms with Gasteiger partial charge >= 0.3 is 0 Å². The van der Waals surface area contributed by atoms with Gasteiger partial charge in [-0.05, 0) is 53.9 Å². The predicted octanol–water partition coefficient (Wildman–Crippen LogP) is 5.16. The Kier molecular flexibility index (Phi) is 2.31. The van der Waals surface area contributed by atoms with Gasteiger partial charge < -0.3 is 0 Å². The smallest absolute Gasteiger partial charge is 0.0718 e. The van der Waals surface area contributed by atoms with Gasteiger partial charge in [-0.15, -0.1) is 0 Å². The average molecular weight is 257 g/mol. The van der Waals surface area contributed by atoms with Gasteiger partial charge in [-0.3, -0.25) is 0 Å². The van der Waals surface area contributed by atoms with Crippen LogP contribution in [0.4, 0.5) is 0 Å². The third-order valence-electron chi connectivity index (χ3n) is 4.07. The maximum atomic E-state index is 4.83. The lowest BCUT2D eigenvalue weighted by atomic mass is 9.96. The summed E-state index contributed by atoms with van der Waals surface area (Å²) in [7, 11) is 0. The molecular weight excluding hydrogens is 242 g/mol. The number of aryl methyl sites for hydroxylation is 2. The standard InChI is InChI=1S/C19H15N/c1-12-6-5-8-15-13(2)10-18-16(19(12)15)11-14-7-3-4-9-17(14)20-18/h3-11H,1-2H3. The van der Waals surface area contributed by atoms with Crippen molar-refractivity contribution in [1.29, 1.82) is 0 Å². The number of benzene rings is 3. The summed E-state index contributed by atoms with van der Waals surface area (Å²) in [5, 5.41) is 5.12. The van der Waals surface area contributed by atoms with E-state index in [1.807, 2.05) is 6.07 Å². The first-order valence-electron chi connectivity index (χ1n) is 6.92. The minimum atomic E-state index is 1.06. The average Bonchev–Trinajstić information content (AvgIpc) is 2.46. The van der Waals surface area contributed by atoms with E-state index in [1.165, 1.54) is 32.7 Å². The van der Waals surface area contributed by atoms with E-state index >= 15 is 0 Å². The highest BCUT2D eigenvalue weighted by molar-refractivity contribution is 6.12. The third kappa shape index (κ3) is 1.53. The molecule has 1 heteroatoms. The Morgan fingerprint density at radius 2 is 1.55 bits per heavy atom. The highest BCUT2D eigenvalue weighted by Gasteiger charge is 2.08. The lowest BCUT2D eigenvalue weighted by molar-refractivity contribution is 1.45. The van der Waals surface area contributed by atoms with E-state index in [4.69, 9.17) is 4.98 Å². The minimum Gasteiger partial charge on any atom is -0.248 e. The molecule has 4 aromatic rings. The molecule has 4 rings (SSSR count). The van der Waals surface area contributed by atoms with Gasteiger partial charge in [0.2, 0.25) is 0 Å². The van der Waals surface area contributed by atoms with Crippen LogP contribution < -0.4 is 0 Å². The topological polar surface area (TPSA) is 12.9 Å². The molecule has 0 radical (unpaired) electrons. The number of hydrogen-bond acceptors (Lipinski definition) is 1. The summed E-state index contributed by atoms with van der Waals surface area (Å²) >= 11 is 0. The largest absolute Gasteiger partial charge is 0.248 e. The Balaban J connectivity index is 2.31. The summed E-state index contributed by atoms with van der Waals surface area (Å²) < 4.78 is 0. The summed E-state index contributed by atoms with van der Waals surface area (Å²) in [4.78, 5) is 4.83. The van der Waals surface area contributed by atoms with E-state index < -0.39 is 0 Å². The van der Waals surface area contributed by atoms with Crippen molar-refractivity contribution in [1.82, 2.24) is 4.98 Å². The molecule has 0 aliphatic rings. The van der Waals surface area contributed by atoms with Crippen LogP contribution in [0.2, 0.25) is 0 Å². The summed E-state index contributed by atoms with van der Waals surface area (Å²) in [5.74, 6) is 0. The van der Waals surface area contributed by atoms with Crippen LogP contribution in [0, 0.1) is 13.8 Å². The van der Waals surface area contributed by atoms with E-state index in [0.29, 0.717) is 0 Å². The molecule has 0 fully saturated rings. The van der Waals surface area contributed by atoms with E-state index in [1.54, 1.807) is 0 Å². The van der Waals surface area contributed by atoms with E-state index in [-0.39, 0.29) is 0 Å². The Morgan fingerprint density at radius 3 is 2.45 bits per heavy atom. The molecule has 1 nitrogen and oxygen atoms in total. The normalized spacial score (nSPS) is 11.5. The van der Waals surface area contributed by atoms with Gasteiger partial charge in [0, 0.05) is 10.8 Å². The van der Waals surface area contributed by atoms with Crippen molar-refractivity contribution in [3.63, 3.8) is 0 Å². The molecule has 0 saturated heterocycles. The van der Waals surface area contributed by atoms with Crippen molar-refractivity contribution in [2.75, 3.05) is 0 Å². The second-order valence-corrected chi connectivity index (χ2v) is 5.44. The molecule has 0 unspecified atom stereocenters. The summed E-state index contributed by atoms with van der Waals surface area (Å²) in [6.45, 7) is 4.34. The molecule has 3 aromatic carbocycles. The molecule has 96 valence electrons. The first-order chi connectivity index (χ1) is 9.74. The maximum absolute atomic E-state index is 4.83. The molecule has 0 aliphatic carbocycles. The third-order valence-corrected chi connectivity index (χ3v) is 4.07. The zero-order valence-corrected chi connectivity index (χ0v) is 11.6. The van der Waals surface area contributed by atoms with Crippen molar-refractivity contribution in [2.45, 2.75) is 13.8 Å². The molecule has 20 heavy (non-hydrogen) atoms. The van der Waals surface area contributed by atoms with Gasteiger partial charge in [-0.25, -0.2) is 4.98 Å². The van der Waals surface area contributed by atoms with Crippen molar-refractivity contribution < 1.29 is 0 Å². The molecule has 0 spiro atoms. The molecule has 0 aliphatic heterocycles. The number of nitrogens with zero attached hydrogens (tertiary/aromatic N) is 1. The van der Waals surface area contributed by atoms with Crippen LogP contribution in [0.15, 0.2) is 54.6 Å². The minimum absolute atomic E-state index is 1.06. The quantitative estimate of drug-likeness (QED) is 0.313. The first kappa shape index (κ1) is 11.4. The lowest BCUT2D eigenvalue weighted by Crippen LogP contribution is -1.89. The summed E-state index contributed by atoms with van der Waals surface area (Å²) in [6.07, 6.45) is 0. The van der Waals surface area contributed by atoms with Crippen LogP contribution in [0.5, 0.6) is 0 Å². The number of aromatic nitrogens is 1. The van der Waals surface area contributed by atoms with Crippen LogP contribution in [0.1, 0.15) is 11.1 Å². The zero-order valence-electron chi connectivity index (χ0n) is 11.6. The fraction of sp³-hybridized carbons (Fsp3) is 0.105. The van der Waals surface area contributed by atoms with Gasteiger partial charge in [0.25, 0.3) is 0 Å². The van der Waals surface area contributed by atoms with Gasteiger partial charge in [-0.2, -0.15) is 0 Å². The fourth-order valence-corrected chi connectivity index (χ4v) is 3.08. The number of hydrogen-bond donors (Lipinski definition) is 0. The zero-order chi connectivity index (χ0) is 13.7. The highest BCUT2D eigenvalue weighted by atomic mass is 14.7. The van der Waals surface area contributed by atoms with Crippen LogP contribution >= 0.6 is 0 Å². The maximum Gasteiger partial charge on any atom is 0.0718 e.